The second-order valence-electron chi connectivity index (χ2n) is 5.65. The third-order valence-corrected chi connectivity index (χ3v) is 4.30. The molecule has 0 saturated carbocycles. The lowest BCUT2D eigenvalue weighted by Crippen LogP contribution is -2.11. The smallest absolute Gasteiger partial charge is 0.363 e. The van der Waals surface area contributed by atoms with Crippen LogP contribution in [-0.4, -0.2) is 11.9 Å². The molecule has 0 spiro atoms. The maximum atomic E-state index is 12.0. The number of nitrogens with one attached hydrogen (secondary N) is 1. The lowest BCUT2D eigenvalue weighted by molar-refractivity contribution is 0.0595. The first-order valence-electron chi connectivity index (χ1n) is 8.16. The Hall–Kier alpha value is -3.52. The predicted octanol–water partition coefficient (Wildman–Crippen LogP) is 5.14. The Morgan fingerprint density at radius 2 is 1.71 bits per heavy atom. The summed E-state index contributed by atoms with van der Waals surface area (Å²) in [5, 5.41) is 7.58. The average molecular weight is 439 g/mol. The van der Waals surface area contributed by atoms with Crippen molar-refractivity contribution in [3.05, 3.63) is 88.4 Å². The number of hydrogen-bond acceptors (Lipinski definition) is 6. The topological polar surface area (TPSA) is 106 Å². The van der Waals surface area contributed by atoms with E-state index in [1.165, 1.54) is 6.07 Å². The summed E-state index contributed by atoms with van der Waals surface area (Å²) in [5.41, 5.74) is 10.5. The van der Waals surface area contributed by atoms with E-state index in [4.69, 9.17) is 10.6 Å². The number of azo groups is 1. The van der Waals surface area contributed by atoms with E-state index in [9.17, 15) is 9.59 Å². The second-order valence-corrected chi connectivity index (χ2v) is 6.50. The van der Waals surface area contributed by atoms with Gasteiger partial charge in [-0.15, -0.1) is 10.2 Å². The van der Waals surface area contributed by atoms with Crippen LogP contribution in [0.25, 0.3) is 0 Å². The number of halogens is 1. The van der Waals surface area contributed by atoms with E-state index >= 15 is 0 Å². The molecule has 0 unspecified atom stereocenters. The predicted molar refractivity (Wildman–Crippen MR) is 109 cm³/mol. The largest absolute Gasteiger partial charge is 0.399 e. The molecule has 7 nitrogen and oxygen atoms in total. The molecule has 0 aromatic heterocycles. The lowest BCUT2D eigenvalue weighted by Gasteiger charge is -2.07. The third-order valence-electron chi connectivity index (χ3n) is 3.61. The molecule has 3 rings (SSSR count). The van der Waals surface area contributed by atoms with Gasteiger partial charge >= 0.3 is 5.97 Å². The number of nitrogen functional groups attached to an aromatic ring is 1. The molecule has 0 aliphatic rings. The van der Waals surface area contributed by atoms with Crippen LogP contribution in [0.5, 0.6) is 0 Å². The summed E-state index contributed by atoms with van der Waals surface area (Å²) in [6.45, 7) is 0. The highest BCUT2D eigenvalue weighted by molar-refractivity contribution is 9.10. The molecule has 3 aromatic rings. The fourth-order valence-electron chi connectivity index (χ4n) is 2.22. The van der Waals surface area contributed by atoms with Crippen molar-refractivity contribution in [1.82, 2.24) is 0 Å². The van der Waals surface area contributed by atoms with Crippen LogP contribution >= 0.6 is 15.9 Å². The first-order valence-corrected chi connectivity index (χ1v) is 8.95. The Kier molecular flexibility index (Phi) is 6.13. The highest BCUT2D eigenvalue weighted by Gasteiger charge is 2.11. The average Bonchev–Trinajstić information content (AvgIpc) is 2.71. The third kappa shape index (κ3) is 5.01. The van der Waals surface area contributed by atoms with Gasteiger partial charge in [0.05, 0.1) is 16.9 Å². The highest BCUT2D eigenvalue weighted by Crippen LogP contribution is 2.20. The zero-order chi connectivity index (χ0) is 19.9. The maximum absolute atomic E-state index is 12.0. The van der Waals surface area contributed by atoms with Crippen LogP contribution in [0.4, 0.5) is 17.1 Å². The Labute approximate surface area is 169 Å². The molecule has 0 fully saturated rings. The van der Waals surface area contributed by atoms with Gasteiger partial charge in [-0.2, -0.15) is 0 Å². The Morgan fingerprint density at radius 1 is 0.964 bits per heavy atom. The standard InChI is InChI=1S/C20H15BrN4O3/c21-18-7-2-1-6-17(18)20(27)28-25-16-10-8-15(9-11-16)23-24-19(26)13-4-3-5-14(22)12-13/h1-12,25H,22H2. The van der Waals surface area contributed by atoms with Crippen LogP contribution in [0.1, 0.15) is 20.7 Å². The molecule has 0 atom stereocenters. The van der Waals surface area contributed by atoms with Gasteiger partial charge in [0.25, 0.3) is 5.91 Å². The number of carbonyl (C=O) groups is 2. The van der Waals surface area contributed by atoms with Crippen LogP contribution in [-0.2, 0) is 4.84 Å². The van der Waals surface area contributed by atoms with E-state index < -0.39 is 11.9 Å². The number of carbonyl (C=O) groups excluding carboxylic acids is 2. The summed E-state index contributed by atoms with van der Waals surface area (Å²) in [4.78, 5) is 29.1. The summed E-state index contributed by atoms with van der Waals surface area (Å²) in [5.74, 6) is -1.01. The van der Waals surface area contributed by atoms with Crippen molar-refractivity contribution in [2.45, 2.75) is 0 Å². The fraction of sp³-hybridized carbons (Fsp3) is 0. The summed E-state index contributed by atoms with van der Waals surface area (Å²) in [6.07, 6.45) is 0. The van der Waals surface area contributed by atoms with Crippen LogP contribution in [0.3, 0.4) is 0 Å². The fourth-order valence-corrected chi connectivity index (χ4v) is 2.66. The zero-order valence-electron chi connectivity index (χ0n) is 14.5. The van der Waals surface area contributed by atoms with Gasteiger partial charge in [-0.05, 0) is 70.5 Å². The first-order chi connectivity index (χ1) is 13.5. The molecular formula is C20H15BrN4O3. The quantitative estimate of drug-likeness (QED) is 0.325. The van der Waals surface area contributed by atoms with Gasteiger partial charge in [0.2, 0.25) is 0 Å². The van der Waals surface area contributed by atoms with Crippen LogP contribution in [0, 0.1) is 0 Å². The Balaban J connectivity index is 1.58. The molecule has 0 aliphatic carbocycles. The number of nitrogens with two attached hydrogens (primary N) is 1. The summed E-state index contributed by atoms with van der Waals surface area (Å²) in [7, 11) is 0. The molecule has 0 radical (unpaired) electrons. The van der Waals surface area contributed by atoms with Crippen LogP contribution in [0.15, 0.2) is 87.5 Å². The normalized spacial score (nSPS) is 10.6. The maximum Gasteiger partial charge on any atom is 0.363 e. The Morgan fingerprint density at radius 3 is 2.43 bits per heavy atom. The number of amides is 1. The molecule has 0 saturated heterocycles. The van der Waals surface area contributed by atoms with Crippen LogP contribution < -0.4 is 11.2 Å². The molecule has 28 heavy (non-hydrogen) atoms. The number of rotatable bonds is 5. The molecule has 1 amide bonds. The van der Waals surface area contributed by atoms with E-state index in [-0.39, 0.29) is 0 Å². The van der Waals surface area contributed by atoms with E-state index in [0.717, 1.165) is 0 Å². The van der Waals surface area contributed by atoms with E-state index in [0.29, 0.717) is 32.7 Å². The van der Waals surface area contributed by atoms with Crippen LogP contribution in [0.2, 0.25) is 0 Å². The highest BCUT2D eigenvalue weighted by atomic mass is 79.9. The van der Waals surface area contributed by atoms with Gasteiger partial charge in [-0.1, -0.05) is 18.2 Å². The van der Waals surface area contributed by atoms with E-state index in [1.54, 1.807) is 66.7 Å². The number of benzene rings is 3. The molecule has 140 valence electrons. The van der Waals surface area contributed by atoms with Crippen molar-refractivity contribution in [3.8, 4) is 0 Å². The molecule has 3 aromatic carbocycles. The van der Waals surface area contributed by atoms with Gasteiger partial charge in [-0.3, -0.25) is 4.79 Å². The van der Waals surface area contributed by atoms with Crippen molar-refractivity contribution in [3.63, 3.8) is 0 Å². The summed E-state index contributed by atoms with van der Waals surface area (Å²) in [6, 6.07) is 20.0. The molecule has 3 N–H and O–H groups in total. The second kappa shape index (κ2) is 8.92. The SMILES string of the molecule is Nc1cccc(C(=O)N=Nc2ccc(NOC(=O)c3ccccc3Br)cc2)c1. The number of hydrogen-bond donors (Lipinski definition) is 2. The van der Waals surface area contributed by atoms with Crippen molar-refractivity contribution in [2.24, 2.45) is 10.2 Å². The number of anilines is 2. The van der Waals surface area contributed by atoms with E-state index in [1.807, 2.05) is 0 Å². The molecule has 0 bridgehead atoms. The Bertz CT molecular complexity index is 1040. The molecular weight excluding hydrogens is 424 g/mol. The first kappa shape index (κ1) is 19.2. The van der Waals surface area contributed by atoms with E-state index in [2.05, 4.69) is 31.6 Å². The van der Waals surface area contributed by atoms with Crippen molar-refractivity contribution in [2.75, 3.05) is 11.2 Å². The summed E-state index contributed by atoms with van der Waals surface area (Å²) < 4.78 is 0.641. The molecule has 8 heteroatoms. The minimum atomic E-state index is -0.524. The zero-order valence-corrected chi connectivity index (χ0v) is 16.1. The lowest BCUT2D eigenvalue weighted by atomic mass is 10.2. The molecule has 0 aliphatic heterocycles. The van der Waals surface area contributed by atoms with Gasteiger partial charge in [0, 0.05) is 15.7 Å². The minimum absolute atomic E-state index is 0.362. The van der Waals surface area contributed by atoms with Crippen molar-refractivity contribution < 1.29 is 14.4 Å². The van der Waals surface area contributed by atoms with Crippen molar-refractivity contribution in [1.29, 1.82) is 0 Å². The monoisotopic (exact) mass is 438 g/mol. The van der Waals surface area contributed by atoms with Gasteiger partial charge < -0.3 is 10.6 Å². The minimum Gasteiger partial charge on any atom is -0.399 e. The van der Waals surface area contributed by atoms with Gasteiger partial charge in [0.1, 0.15) is 0 Å². The summed E-state index contributed by atoms with van der Waals surface area (Å²) >= 11 is 3.30. The number of nitrogens with zero attached hydrogens (tertiary/aromatic N) is 2. The molecule has 0 heterocycles. The van der Waals surface area contributed by atoms with Gasteiger partial charge in [0.15, 0.2) is 0 Å². The van der Waals surface area contributed by atoms with Gasteiger partial charge in [-0.25, -0.2) is 10.3 Å². The van der Waals surface area contributed by atoms with Crippen molar-refractivity contribution >= 4 is 44.9 Å².